The molecule has 1 aliphatic carbocycles. The predicted octanol–water partition coefficient (Wildman–Crippen LogP) is 6.15. The maximum Gasteiger partial charge on any atom is 0.249 e. The lowest BCUT2D eigenvalue weighted by Gasteiger charge is -2.37. The van der Waals surface area contributed by atoms with Crippen molar-refractivity contribution in [3.8, 4) is 22.8 Å². The zero-order valence-corrected chi connectivity index (χ0v) is 38.1. The quantitative estimate of drug-likeness (QED) is 0.0896. The van der Waals surface area contributed by atoms with Crippen molar-refractivity contribution in [3.05, 3.63) is 53.6 Å². The molecular formula is C48H60FN13O4. The summed E-state index contributed by atoms with van der Waals surface area (Å²) in [4.78, 5) is 64.7. The van der Waals surface area contributed by atoms with Crippen LogP contribution < -0.4 is 20.9 Å². The monoisotopic (exact) mass is 901 g/mol. The van der Waals surface area contributed by atoms with Gasteiger partial charge in [-0.25, -0.2) is 29.0 Å². The van der Waals surface area contributed by atoms with Crippen molar-refractivity contribution in [1.29, 1.82) is 0 Å². The number of piperidine rings is 2. The molecule has 0 radical (unpaired) electrons. The van der Waals surface area contributed by atoms with Crippen LogP contribution in [0.3, 0.4) is 0 Å². The molecule has 18 heteroatoms. The highest BCUT2D eigenvalue weighted by molar-refractivity contribution is 6.02. The Morgan fingerprint density at radius 2 is 1.62 bits per heavy atom. The van der Waals surface area contributed by atoms with Crippen molar-refractivity contribution in [1.82, 2.24) is 50.0 Å². The third kappa shape index (κ3) is 8.71. The summed E-state index contributed by atoms with van der Waals surface area (Å²) in [5.41, 5.74) is 12.5. The largest absolute Gasteiger partial charge is 0.383 e. The Balaban J connectivity index is 0.650. The summed E-state index contributed by atoms with van der Waals surface area (Å²) in [5, 5.41) is 12.5. The molecule has 1 saturated carbocycles. The highest BCUT2D eigenvalue weighted by Gasteiger charge is 2.39. The molecule has 8 heterocycles. The summed E-state index contributed by atoms with van der Waals surface area (Å²) in [6, 6.07) is 2.96. The van der Waals surface area contributed by atoms with E-state index in [1.54, 1.807) is 6.07 Å². The lowest BCUT2D eigenvalue weighted by atomic mass is 9.91. The smallest absolute Gasteiger partial charge is 0.249 e. The summed E-state index contributed by atoms with van der Waals surface area (Å²) in [6.07, 6.45) is 16.4. The van der Waals surface area contributed by atoms with Gasteiger partial charge in [0.25, 0.3) is 0 Å². The topological polar surface area (TPSA) is 198 Å². The fraction of sp³-hybridized carbons (Fsp3) is 0.562. The molecule has 348 valence electrons. The summed E-state index contributed by atoms with van der Waals surface area (Å²) >= 11 is 0. The molecule has 4 fully saturated rings. The first kappa shape index (κ1) is 43.8. The van der Waals surface area contributed by atoms with E-state index >= 15 is 4.39 Å². The molecule has 0 bridgehead atoms. The van der Waals surface area contributed by atoms with Crippen LogP contribution in [0.5, 0.6) is 0 Å². The number of imide groups is 1. The van der Waals surface area contributed by atoms with Crippen LogP contribution in [0.1, 0.15) is 126 Å². The molecule has 5 aromatic rings. The van der Waals surface area contributed by atoms with Gasteiger partial charge in [-0.3, -0.25) is 24.6 Å². The average molecular weight is 902 g/mol. The number of nitrogen functional groups attached to an aromatic ring is 1. The van der Waals surface area contributed by atoms with Gasteiger partial charge in [0.15, 0.2) is 17.2 Å². The number of anilines is 3. The number of rotatable bonds is 15. The van der Waals surface area contributed by atoms with Crippen LogP contribution in [-0.2, 0) is 20.8 Å². The van der Waals surface area contributed by atoms with Crippen molar-refractivity contribution in [2.45, 2.75) is 121 Å². The molecule has 3 saturated heterocycles. The van der Waals surface area contributed by atoms with Crippen molar-refractivity contribution in [2.75, 3.05) is 67.9 Å². The number of carbonyl (C=O) groups is 3. The Bertz CT molecular complexity index is 2590. The van der Waals surface area contributed by atoms with Gasteiger partial charge in [-0.05, 0) is 95.4 Å². The zero-order valence-electron chi connectivity index (χ0n) is 38.1. The normalized spacial score (nSPS) is 19.6. The number of hydrogen-bond donors (Lipinski definition) is 2. The first-order chi connectivity index (χ1) is 32.1. The Morgan fingerprint density at radius 1 is 0.864 bits per heavy atom. The fourth-order valence-corrected chi connectivity index (χ4v) is 10.6. The number of fused-ring (bicyclic) bond motifs is 2. The van der Waals surface area contributed by atoms with Crippen molar-refractivity contribution in [2.24, 2.45) is 0 Å². The van der Waals surface area contributed by atoms with E-state index in [1.807, 2.05) is 35.8 Å². The second-order valence-corrected chi connectivity index (χ2v) is 19.0. The molecule has 1 atom stereocenters. The van der Waals surface area contributed by atoms with Gasteiger partial charge in [0.1, 0.15) is 35.4 Å². The number of benzene rings is 1. The number of hydrogen-bond acceptors (Lipinski definition) is 14. The van der Waals surface area contributed by atoms with Crippen molar-refractivity contribution in [3.63, 3.8) is 0 Å². The van der Waals surface area contributed by atoms with Gasteiger partial charge in [0.05, 0.1) is 16.6 Å². The van der Waals surface area contributed by atoms with Gasteiger partial charge in [-0.1, -0.05) is 24.4 Å². The number of carbonyl (C=O) groups excluding carboxylic acids is 3. The van der Waals surface area contributed by atoms with E-state index in [4.69, 9.17) is 25.3 Å². The molecule has 1 unspecified atom stereocenters. The number of aromatic nitrogens is 7. The summed E-state index contributed by atoms with van der Waals surface area (Å²) in [5.74, 6) is 1.73. The minimum absolute atomic E-state index is 0.0401. The molecule has 4 aliphatic heterocycles. The lowest BCUT2D eigenvalue weighted by molar-refractivity contribution is -0.134. The summed E-state index contributed by atoms with van der Waals surface area (Å²) < 4.78 is 23.1. The van der Waals surface area contributed by atoms with E-state index in [9.17, 15) is 14.4 Å². The van der Waals surface area contributed by atoms with Crippen LogP contribution in [-0.4, -0.2) is 121 Å². The van der Waals surface area contributed by atoms with E-state index in [0.717, 1.165) is 132 Å². The van der Waals surface area contributed by atoms with E-state index in [-0.39, 0.29) is 41.4 Å². The number of likely N-dealkylation sites (tertiary alicyclic amines) is 1. The number of nitrogens with two attached hydrogens (primary N) is 1. The van der Waals surface area contributed by atoms with Crippen LogP contribution in [0.15, 0.2) is 35.4 Å². The van der Waals surface area contributed by atoms with Crippen LogP contribution in [0, 0.1) is 5.82 Å². The Hall–Kier alpha value is -6.04. The van der Waals surface area contributed by atoms with Gasteiger partial charge >= 0.3 is 0 Å². The first-order valence-electron chi connectivity index (χ1n) is 24.1. The third-order valence-corrected chi connectivity index (χ3v) is 14.4. The lowest BCUT2D eigenvalue weighted by Crippen LogP contribution is -2.52. The molecular weight excluding hydrogens is 842 g/mol. The van der Waals surface area contributed by atoms with E-state index in [2.05, 4.69) is 35.1 Å². The molecule has 3 N–H and O–H groups in total. The van der Waals surface area contributed by atoms with E-state index in [0.29, 0.717) is 72.0 Å². The number of amides is 3. The number of piperazine rings is 1. The fourth-order valence-electron chi connectivity index (χ4n) is 10.6. The van der Waals surface area contributed by atoms with E-state index in [1.165, 1.54) is 12.4 Å². The minimum atomic E-state index is -0.395. The number of nitrogens with zero attached hydrogens (tertiary/aromatic N) is 11. The number of halogens is 1. The van der Waals surface area contributed by atoms with Crippen LogP contribution in [0.4, 0.5) is 21.6 Å². The molecule has 10 rings (SSSR count). The van der Waals surface area contributed by atoms with Crippen LogP contribution in [0.25, 0.3) is 33.8 Å². The van der Waals surface area contributed by atoms with Gasteiger partial charge in [0.2, 0.25) is 17.7 Å². The average Bonchev–Trinajstić information content (AvgIpc) is 3.73. The second-order valence-electron chi connectivity index (χ2n) is 19.0. The molecule has 66 heavy (non-hydrogen) atoms. The third-order valence-electron chi connectivity index (χ3n) is 14.4. The van der Waals surface area contributed by atoms with Gasteiger partial charge in [0, 0.05) is 94.3 Å². The zero-order chi connectivity index (χ0) is 45.5. The summed E-state index contributed by atoms with van der Waals surface area (Å²) in [6.45, 7) is 10.5. The number of nitrogens with one attached hydrogen (secondary N) is 1. The molecule has 3 amide bonds. The van der Waals surface area contributed by atoms with Gasteiger partial charge in [-0.2, -0.15) is 5.10 Å². The first-order valence-corrected chi connectivity index (χ1v) is 24.1. The molecule has 0 spiro atoms. The maximum absolute atomic E-state index is 15.4. The molecule has 5 aliphatic rings. The highest BCUT2D eigenvalue weighted by Crippen LogP contribution is 2.48. The molecule has 17 nitrogen and oxygen atoms in total. The Labute approximate surface area is 383 Å². The maximum atomic E-state index is 15.4. The molecule has 4 aromatic heterocycles. The minimum Gasteiger partial charge on any atom is -0.383 e. The van der Waals surface area contributed by atoms with Crippen molar-refractivity contribution < 1.29 is 23.3 Å². The number of unbranched alkanes of at least 4 members (excludes halogenated alkanes) is 4. The van der Waals surface area contributed by atoms with Gasteiger partial charge < -0.3 is 25.0 Å². The van der Waals surface area contributed by atoms with Crippen molar-refractivity contribution >= 4 is 45.9 Å². The Morgan fingerprint density at radius 3 is 2.36 bits per heavy atom. The van der Waals surface area contributed by atoms with Crippen LogP contribution >= 0.6 is 0 Å². The predicted molar refractivity (Wildman–Crippen MR) is 247 cm³/mol. The second kappa shape index (κ2) is 18.7. The Kier molecular flexibility index (Phi) is 12.4. The van der Waals surface area contributed by atoms with Crippen LogP contribution in [0.2, 0.25) is 0 Å². The molecule has 1 aromatic carbocycles. The highest BCUT2D eigenvalue weighted by atomic mass is 19.1. The van der Waals surface area contributed by atoms with E-state index < -0.39 is 6.04 Å². The SMILES string of the molecule is CC(C)n1nc(-c2noc(C3CC3)c2-c2ncc(C3CCN(C(=O)CCCCCCCN4CCN(c5c(F)ccc6c5CCN6C5CCC(=O)NC5=O)CC4)CC3)cn2)c2c(N)ncnc21. The standard InChI is InChI=1S/C48H60FN13O4/c1-29(2)62-47-40(45(50)53-28-54-47)41(56-62)42-39(44(66-57-42)31-9-10-31)46-51-26-32(27-52-46)30-15-19-59(20-16-30)38(64)8-6-4-3-5-7-18-58-22-24-60(25-23-58)43-33-17-21-61(35(33)12-11-34(43)49)36-13-14-37(63)55-48(36)65/h11-12,26-31,36H,3-10,13-25H2,1-2H3,(H2,50,53,54)(H,55,63,65). The summed E-state index contributed by atoms with van der Waals surface area (Å²) in [7, 11) is 0. The van der Waals surface area contributed by atoms with Gasteiger partial charge in [-0.15, -0.1) is 0 Å².